The minimum atomic E-state index is -0.717. The van der Waals surface area contributed by atoms with Crippen LogP contribution in [0.3, 0.4) is 0 Å². The molecule has 0 saturated heterocycles. The first kappa shape index (κ1) is 22.1. The first-order valence-corrected chi connectivity index (χ1v) is 11.1. The Bertz CT molecular complexity index is 1490. The van der Waals surface area contributed by atoms with Gasteiger partial charge in [-0.15, -0.1) is 0 Å². The second-order valence-corrected chi connectivity index (χ2v) is 7.72. The SMILES string of the molecule is CCOC(=O)c1cn(CC(Oc2ccccc2)c2ccccc2)c2cc(-c3cnco3)nn2c1=O. The zero-order chi connectivity index (χ0) is 24.2. The summed E-state index contributed by atoms with van der Waals surface area (Å²) in [4.78, 5) is 29.7. The maximum atomic E-state index is 13.1. The number of hydrogen-bond donors (Lipinski definition) is 0. The van der Waals surface area contributed by atoms with Gasteiger partial charge in [-0.05, 0) is 24.6 Å². The highest BCUT2D eigenvalue weighted by molar-refractivity contribution is 5.89. The summed E-state index contributed by atoms with van der Waals surface area (Å²) in [6.07, 6.45) is 3.86. The van der Waals surface area contributed by atoms with Crippen molar-refractivity contribution in [2.24, 2.45) is 0 Å². The molecule has 5 rings (SSSR count). The fourth-order valence-corrected chi connectivity index (χ4v) is 3.79. The van der Waals surface area contributed by atoms with E-state index >= 15 is 0 Å². The van der Waals surface area contributed by atoms with Crippen LogP contribution in [-0.4, -0.2) is 31.7 Å². The van der Waals surface area contributed by atoms with Crippen LogP contribution in [0, 0.1) is 0 Å². The van der Waals surface area contributed by atoms with E-state index < -0.39 is 17.6 Å². The Morgan fingerprint density at radius 1 is 1.09 bits per heavy atom. The highest BCUT2D eigenvalue weighted by Crippen LogP contribution is 2.25. The summed E-state index contributed by atoms with van der Waals surface area (Å²) in [5.41, 5.74) is 1.10. The zero-order valence-electron chi connectivity index (χ0n) is 18.9. The number of carbonyl (C=O) groups is 1. The summed E-state index contributed by atoms with van der Waals surface area (Å²) >= 11 is 0. The van der Waals surface area contributed by atoms with E-state index in [4.69, 9.17) is 13.9 Å². The lowest BCUT2D eigenvalue weighted by Crippen LogP contribution is -2.28. The second kappa shape index (κ2) is 9.68. The van der Waals surface area contributed by atoms with Crippen molar-refractivity contribution in [1.29, 1.82) is 0 Å². The van der Waals surface area contributed by atoms with E-state index in [0.717, 1.165) is 5.56 Å². The molecular formula is C26H22N4O5. The van der Waals surface area contributed by atoms with E-state index in [0.29, 0.717) is 22.9 Å². The molecule has 0 fully saturated rings. The van der Waals surface area contributed by atoms with Crippen molar-refractivity contribution in [1.82, 2.24) is 19.2 Å². The molecule has 1 unspecified atom stereocenters. The maximum Gasteiger partial charge on any atom is 0.345 e. The van der Waals surface area contributed by atoms with E-state index in [1.54, 1.807) is 17.6 Å². The third-order valence-corrected chi connectivity index (χ3v) is 5.43. The van der Waals surface area contributed by atoms with Gasteiger partial charge in [0, 0.05) is 12.3 Å². The fourth-order valence-electron chi connectivity index (χ4n) is 3.79. The minimum Gasteiger partial charge on any atom is -0.484 e. The number of ether oxygens (including phenoxy) is 2. The van der Waals surface area contributed by atoms with Crippen molar-refractivity contribution in [3.05, 3.63) is 107 Å². The number of hydrogen-bond acceptors (Lipinski definition) is 7. The number of aromatic nitrogens is 4. The quantitative estimate of drug-likeness (QED) is 0.314. The number of rotatable bonds is 8. The Morgan fingerprint density at radius 3 is 2.51 bits per heavy atom. The molecule has 0 aliphatic carbocycles. The Hall–Kier alpha value is -4.66. The number of fused-ring (bicyclic) bond motifs is 1. The molecule has 0 bridgehead atoms. The van der Waals surface area contributed by atoms with Gasteiger partial charge in [0.1, 0.15) is 28.8 Å². The zero-order valence-corrected chi connectivity index (χ0v) is 18.9. The van der Waals surface area contributed by atoms with Crippen LogP contribution < -0.4 is 10.3 Å². The van der Waals surface area contributed by atoms with Crippen LogP contribution in [-0.2, 0) is 11.3 Å². The molecule has 3 aromatic heterocycles. The van der Waals surface area contributed by atoms with Gasteiger partial charge in [0.15, 0.2) is 12.2 Å². The number of para-hydroxylation sites is 1. The van der Waals surface area contributed by atoms with Crippen molar-refractivity contribution in [2.75, 3.05) is 6.61 Å². The third-order valence-electron chi connectivity index (χ3n) is 5.43. The summed E-state index contributed by atoms with van der Waals surface area (Å²) in [5.74, 6) is 0.377. The molecule has 0 radical (unpaired) electrons. The van der Waals surface area contributed by atoms with Gasteiger partial charge in [0.2, 0.25) is 0 Å². The van der Waals surface area contributed by atoms with E-state index in [1.807, 2.05) is 60.7 Å². The first-order chi connectivity index (χ1) is 17.1. The van der Waals surface area contributed by atoms with Crippen LogP contribution >= 0.6 is 0 Å². The molecule has 176 valence electrons. The molecule has 2 aromatic carbocycles. The Kier molecular flexibility index (Phi) is 6.13. The van der Waals surface area contributed by atoms with Crippen LogP contribution in [0.15, 0.2) is 94.7 Å². The molecular weight excluding hydrogens is 448 g/mol. The van der Waals surface area contributed by atoms with Crippen LogP contribution in [0.4, 0.5) is 0 Å². The Balaban J connectivity index is 1.64. The van der Waals surface area contributed by atoms with Crippen molar-refractivity contribution in [3.63, 3.8) is 0 Å². The molecule has 9 nitrogen and oxygen atoms in total. The molecule has 0 aliphatic rings. The average Bonchev–Trinajstić information content (AvgIpc) is 3.57. The van der Waals surface area contributed by atoms with Crippen molar-refractivity contribution >= 4 is 11.6 Å². The van der Waals surface area contributed by atoms with E-state index in [-0.39, 0.29) is 18.7 Å². The molecule has 3 heterocycles. The van der Waals surface area contributed by atoms with Gasteiger partial charge >= 0.3 is 5.97 Å². The largest absolute Gasteiger partial charge is 0.484 e. The van der Waals surface area contributed by atoms with Gasteiger partial charge in [-0.2, -0.15) is 9.61 Å². The lowest BCUT2D eigenvalue weighted by atomic mass is 10.1. The topological polar surface area (TPSA) is 101 Å². The predicted molar refractivity (Wildman–Crippen MR) is 127 cm³/mol. The van der Waals surface area contributed by atoms with Gasteiger partial charge in [-0.1, -0.05) is 48.5 Å². The molecule has 0 N–H and O–H groups in total. The Morgan fingerprint density at radius 2 is 1.83 bits per heavy atom. The summed E-state index contributed by atoms with van der Waals surface area (Å²) in [7, 11) is 0. The highest BCUT2D eigenvalue weighted by Gasteiger charge is 2.22. The predicted octanol–water partition coefficient (Wildman–Crippen LogP) is 4.15. The minimum absolute atomic E-state index is 0.127. The van der Waals surface area contributed by atoms with Gasteiger partial charge in [-0.3, -0.25) is 4.79 Å². The van der Waals surface area contributed by atoms with Gasteiger partial charge in [0.25, 0.3) is 5.56 Å². The molecule has 0 amide bonds. The van der Waals surface area contributed by atoms with E-state index in [1.165, 1.54) is 23.3 Å². The van der Waals surface area contributed by atoms with Crippen LogP contribution in [0.5, 0.6) is 5.75 Å². The lowest BCUT2D eigenvalue weighted by Gasteiger charge is -2.22. The molecule has 0 saturated carbocycles. The number of oxazole rings is 1. The van der Waals surface area contributed by atoms with E-state index in [2.05, 4.69) is 10.1 Å². The number of benzene rings is 2. The number of carbonyl (C=O) groups excluding carboxylic acids is 1. The molecule has 5 aromatic rings. The van der Waals surface area contributed by atoms with Gasteiger partial charge < -0.3 is 18.5 Å². The van der Waals surface area contributed by atoms with Crippen LogP contribution in [0.2, 0.25) is 0 Å². The molecule has 1 atom stereocenters. The highest BCUT2D eigenvalue weighted by atomic mass is 16.5. The lowest BCUT2D eigenvalue weighted by molar-refractivity contribution is 0.0522. The van der Waals surface area contributed by atoms with Crippen LogP contribution in [0.1, 0.15) is 28.9 Å². The average molecular weight is 470 g/mol. The monoisotopic (exact) mass is 470 g/mol. The fraction of sp³-hybridized carbons (Fsp3) is 0.154. The Labute approximate surface area is 200 Å². The molecule has 0 aliphatic heterocycles. The van der Waals surface area contributed by atoms with E-state index in [9.17, 15) is 9.59 Å². The van der Waals surface area contributed by atoms with Crippen molar-refractivity contribution in [3.8, 4) is 17.2 Å². The van der Waals surface area contributed by atoms with Gasteiger partial charge in [-0.25, -0.2) is 9.78 Å². The smallest absolute Gasteiger partial charge is 0.345 e. The van der Waals surface area contributed by atoms with Crippen molar-refractivity contribution in [2.45, 2.75) is 19.6 Å². The molecule has 9 heteroatoms. The first-order valence-electron chi connectivity index (χ1n) is 11.1. The third kappa shape index (κ3) is 4.56. The summed E-state index contributed by atoms with van der Waals surface area (Å²) in [6.45, 7) is 2.11. The van der Waals surface area contributed by atoms with Crippen molar-refractivity contribution < 1.29 is 18.7 Å². The molecule has 35 heavy (non-hydrogen) atoms. The van der Waals surface area contributed by atoms with Gasteiger partial charge in [0.05, 0.1) is 19.3 Å². The molecule has 0 spiro atoms. The summed E-state index contributed by atoms with van der Waals surface area (Å²) in [5, 5.41) is 4.38. The second-order valence-electron chi connectivity index (χ2n) is 7.72. The standard InChI is InChI=1S/C26H22N4O5/c1-2-33-26(32)20-15-29(24-13-21(22-14-27-17-34-22)28-30(24)25(20)31)16-23(18-9-5-3-6-10-18)35-19-11-7-4-8-12-19/h3-15,17,23H,2,16H2,1H3. The normalized spacial score (nSPS) is 11.9. The summed E-state index contributed by atoms with van der Waals surface area (Å²) in [6, 6.07) is 20.9. The number of esters is 1. The number of nitrogens with zero attached hydrogens (tertiary/aromatic N) is 4. The summed E-state index contributed by atoms with van der Waals surface area (Å²) < 4.78 is 19.8. The van der Waals surface area contributed by atoms with Crippen LogP contribution in [0.25, 0.3) is 17.1 Å². The maximum absolute atomic E-state index is 13.1.